The second-order valence-electron chi connectivity index (χ2n) is 13.2. The lowest BCUT2D eigenvalue weighted by Crippen LogP contribution is -2.41. The molecule has 2 amide bonds. The van der Waals surface area contributed by atoms with E-state index >= 15 is 0 Å². The largest absolute Gasteiger partial charge is 0.444 e. The molecule has 2 atom stereocenters. The number of alkyl halides is 1. The second-order valence-corrected chi connectivity index (χ2v) is 14.8. The number of aliphatic hydroxyl groups is 1. The van der Waals surface area contributed by atoms with E-state index in [1.807, 2.05) is 51.3 Å². The highest BCUT2D eigenvalue weighted by Gasteiger charge is 2.31. The van der Waals surface area contributed by atoms with E-state index in [-0.39, 0.29) is 33.6 Å². The van der Waals surface area contributed by atoms with Gasteiger partial charge in [0.2, 0.25) is 0 Å². The predicted octanol–water partition coefficient (Wildman–Crippen LogP) is 8.12. The van der Waals surface area contributed by atoms with E-state index in [0.717, 1.165) is 0 Å². The summed E-state index contributed by atoms with van der Waals surface area (Å²) >= 11 is 24.9. The molecule has 4 rings (SSSR count). The van der Waals surface area contributed by atoms with E-state index in [2.05, 4.69) is 9.97 Å². The molecule has 12 nitrogen and oxygen atoms in total. The Morgan fingerprint density at radius 3 is 1.45 bits per heavy atom. The molecule has 0 saturated carbocycles. The van der Waals surface area contributed by atoms with Crippen molar-refractivity contribution < 1.29 is 34.7 Å². The minimum Gasteiger partial charge on any atom is -0.444 e. The van der Waals surface area contributed by atoms with Gasteiger partial charge in [-0.25, -0.2) is 9.59 Å². The summed E-state index contributed by atoms with van der Waals surface area (Å²) in [6, 6.07) is 0. The van der Waals surface area contributed by atoms with Crippen LogP contribution in [0.2, 0.25) is 20.1 Å². The number of methoxy groups -OCH3 is 1. The van der Waals surface area contributed by atoms with E-state index in [1.165, 1.54) is 17.3 Å². The Balaban J connectivity index is 0.000000898. The maximum Gasteiger partial charge on any atom is 0.410 e. The van der Waals surface area contributed by atoms with Gasteiger partial charge in [-0.3, -0.25) is 14.4 Å². The summed E-state index contributed by atoms with van der Waals surface area (Å²) in [7, 11) is 0.622. The van der Waals surface area contributed by atoms with Crippen LogP contribution in [0.4, 0.5) is 25.4 Å². The van der Waals surface area contributed by atoms with Gasteiger partial charge in [0.15, 0.2) is 0 Å². The molecule has 51 heavy (non-hydrogen) atoms. The molecule has 2 saturated heterocycles. The van der Waals surface area contributed by atoms with Gasteiger partial charge in [0.1, 0.15) is 11.2 Å². The molecule has 2 unspecified atom stereocenters. The number of amides is 2. The Hall–Kier alpha value is -2.55. The van der Waals surface area contributed by atoms with Crippen molar-refractivity contribution in [3.05, 3.63) is 44.9 Å². The molecule has 0 aliphatic carbocycles. The van der Waals surface area contributed by atoms with Gasteiger partial charge in [-0.15, -0.1) is 0 Å². The first-order chi connectivity index (χ1) is 23.3. The van der Waals surface area contributed by atoms with Crippen LogP contribution in [-0.2, 0) is 14.2 Å². The third-order valence-electron chi connectivity index (χ3n) is 6.92. The number of hydrogen-bond acceptors (Lipinski definition) is 10. The summed E-state index contributed by atoms with van der Waals surface area (Å²) in [4.78, 5) is 39.5. The highest BCUT2D eigenvalue weighted by Crippen LogP contribution is 2.34. The number of pyridine rings is 2. The average Bonchev–Trinajstić information content (AvgIpc) is 3.32. The van der Waals surface area contributed by atoms with Crippen molar-refractivity contribution in [1.29, 1.82) is 0 Å². The van der Waals surface area contributed by atoms with Gasteiger partial charge in [-0.05, 0) is 41.5 Å². The Morgan fingerprint density at radius 2 is 1.10 bits per heavy atom. The maximum absolute atomic E-state index is 12.4. The van der Waals surface area contributed by atoms with E-state index in [4.69, 9.17) is 62.0 Å². The highest BCUT2D eigenvalue weighted by molar-refractivity contribution is 6.39. The van der Waals surface area contributed by atoms with Crippen LogP contribution in [0.15, 0.2) is 24.8 Å². The molecule has 2 aromatic heterocycles. The number of hydrogen-bond donors (Lipinski definition) is 1. The quantitative estimate of drug-likeness (QED) is 0.326. The Labute approximate surface area is 324 Å². The highest BCUT2D eigenvalue weighted by atomic mass is 35.5. The lowest BCUT2D eigenvalue weighted by molar-refractivity contribution is 0.0137. The number of nitrogens with zero attached hydrogens (tertiary/aromatic N) is 6. The molecule has 0 radical (unpaired) electrons. The van der Waals surface area contributed by atoms with Gasteiger partial charge in [0.25, 0.3) is 0 Å². The fourth-order valence-electron chi connectivity index (χ4n) is 4.92. The van der Waals surface area contributed by atoms with Gasteiger partial charge in [-0.2, -0.15) is 0 Å². The number of carbonyl (C=O) groups is 2. The monoisotopic (exact) mass is 803 g/mol. The van der Waals surface area contributed by atoms with Crippen LogP contribution in [-0.4, -0.2) is 127 Å². The fraction of sp³-hybridized carbons (Fsp3) is 0.647. The standard InChI is InChI=1S/C16H23Cl2N3O3.C15H21Cl2N3O3.CH3F.2CH4/c1-16(2,3)24-15(22)21-6-5-20(9-11(10-21)23-4)14-12(17)7-19-8-13(14)18;1-15(2,3)23-14(22)20-5-4-19(8-10(21)9-20)13-11(16)6-18-7-12(13)17;1-2;;/h7-8,11H,5-6,9-10H2,1-4H3;6-7,10,21H,4-5,8-9H2,1-3H3;1H3;2*1H4/i;;1D;;. The SMILES string of the molecule is C.C.CC(C)(C)OC(=O)N1CCN(c2c(Cl)cncc2Cl)CC(O)C1.COC1CN(C(=O)OC(C)(C)C)CCN(c2c(Cl)cncc2Cl)C1.[2H]CF. The van der Waals surface area contributed by atoms with Crippen LogP contribution >= 0.6 is 46.4 Å². The molecule has 1 N–H and O–H groups in total. The van der Waals surface area contributed by atoms with Crippen LogP contribution in [0, 0.1) is 0 Å². The molecule has 2 aromatic rings. The van der Waals surface area contributed by atoms with E-state index in [1.54, 1.807) is 24.4 Å². The average molecular weight is 806 g/mol. The number of halogens is 5. The summed E-state index contributed by atoms with van der Waals surface area (Å²) in [6.07, 6.45) is 4.42. The van der Waals surface area contributed by atoms with Crippen LogP contribution in [0.3, 0.4) is 0 Å². The van der Waals surface area contributed by atoms with Crippen LogP contribution in [0.1, 0.15) is 57.8 Å². The minimum atomic E-state index is -1.00. The maximum atomic E-state index is 12.4. The Kier molecular flexibility index (Phi) is 19.9. The second kappa shape index (κ2) is 21.9. The van der Waals surface area contributed by atoms with E-state index in [0.29, 0.717) is 77.3 Å². The van der Waals surface area contributed by atoms with Gasteiger partial charge >= 0.3 is 12.2 Å². The predicted molar refractivity (Wildman–Crippen MR) is 206 cm³/mol. The van der Waals surface area contributed by atoms with Gasteiger partial charge in [0.05, 0.1) is 65.3 Å². The number of carbonyl (C=O) groups excluding carboxylic acids is 2. The number of anilines is 2. The van der Waals surface area contributed by atoms with E-state index < -0.39 is 30.6 Å². The molecule has 0 bridgehead atoms. The summed E-state index contributed by atoms with van der Waals surface area (Å²) in [5, 5.41) is 12.0. The topological polar surface area (TPSA) is 121 Å². The molecular weight excluding hydrogens is 749 g/mol. The smallest absolute Gasteiger partial charge is 0.410 e. The molecule has 2 fully saturated rings. The number of aliphatic hydroxyl groups excluding tert-OH is 1. The van der Waals surface area contributed by atoms with Crippen molar-refractivity contribution in [2.75, 3.05) is 76.4 Å². The van der Waals surface area contributed by atoms with Gasteiger partial charge in [0, 0.05) is 71.2 Å². The Bertz CT molecular complexity index is 1370. The zero-order valence-electron chi connectivity index (χ0n) is 29.9. The van der Waals surface area contributed by atoms with Crippen molar-refractivity contribution in [1.82, 2.24) is 19.8 Å². The third kappa shape index (κ3) is 15.5. The van der Waals surface area contributed by atoms with Crippen molar-refractivity contribution in [3.63, 3.8) is 0 Å². The zero-order chi connectivity index (χ0) is 37.8. The molecule has 2 aliphatic heterocycles. The molecular formula is C34H55Cl4FN6O6. The van der Waals surface area contributed by atoms with Gasteiger partial charge < -0.3 is 38.9 Å². The molecule has 2 aliphatic rings. The Morgan fingerprint density at radius 1 is 0.745 bits per heavy atom. The molecule has 0 aromatic carbocycles. The normalized spacial score (nSPS) is 18.2. The van der Waals surface area contributed by atoms with Gasteiger partial charge in [-0.1, -0.05) is 61.3 Å². The zero-order valence-corrected chi connectivity index (χ0v) is 31.9. The number of ether oxygens (including phenoxy) is 3. The lowest BCUT2D eigenvalue weighted by atomic mass is 10.2. The summed E-state index contributed by atoms with van der Waals surface area (Å²) in [6.45, 7) is 14.5. The number of aromatic nitrogens is 2. The van der Waals surface area contributed by atoms with Crippen molar-refractivity contribution in [2.45, 2.75) is 79.8 Å². The first kappa shape index (κ1) is 46.5. The lowest BCUT2D eigenvalue weighted by Gasteiger charge is -2.27. The first-order valence-corrected chi connectivity index (χ1v) is 16.9. The molecule has 0 spiro atoms. The minimum absolute atomic E-state index is 0. The molecule has 17 heteroatoms. The summed E-state index contributed by atoms with van der Waals surface area (Å²) < 4.78 is 31.8. The van der Waals surface area contributed by atoms with Crippen molar-refractivity contribution >= 4 is 70.0 Å². The number of β-amino-alcohol motifs (C(OH)–C–C–N with tert-alkyl or cyclic N) is 1. The summed E-state index contributed by atoms with van der Waals surface area (Å²) in [5.74, 6) is 0. The third-order valence-corrected chi connectivity index (χ3v) is 8.02. The molecule has 292 valence electrons. The van der Waals surface area contributed by atoms with Crippen LogP contribution < -0.4 is 9.80 Å². The van der Waals surface area contributed by atoms with Crippen LogP contribution in [0.5, 0.6) is 0 Å². The fourth-order valence-corrected chi connectivity index (χ4v) is 6.12. The van der Waals surface area contributed by atoms with Crippen LogP contribution in [0.25, 0.3) is 0 Å². The van der Waals surface area contributed by atoms with Crippen molar-refractivity contribution in [2.24, 2.45) is 0 Å². The van der Waals surface area contributed by atoms with E-state index in [9.17, 15) is 19.1 Å². The van der Waals surface area contributed by atoms with Crippen molar-refractivity contribution in [3.8, 4) is 0 Å². The number of rotatable bonds is 3. The first-order valence-electron chi connectivity index (χ1n) is 16.1. The summed E-state index contributed by atoms with van der Waals surface area (Å²) in [5.41, 5.74) is 0.213. The molecule has 4 heterocycles.